The summed E-state index contributed by atoms with van der Waals surface area (Å²) in [7, 11) is 1.94. The first kappa shape index (κ1) is 22.7. The number of anilines is 1. The third-order valence-electron chi connectivity index (χ3n) is 5.93. The molecule has 0 aromatic heterocycles. The van der Waals surface area contributed by atoms with E-state index >= 15 is 0 Å². The highest BCUT2D eigenvalue weighted by molar-refractivity contribution is 5.94. The lowest BCUT2D eigenvalue weighted by molar-refractivity contribution is -0.132. The third-order valence-corrected chi connectivity index (χ3v) is 5.93. The van der Waals surface area contributed by atoms with E-state index in [-0.39, 0.29) is 23.5 Å². The number of carbonyl (C=O) groups is 2. The Morgan fingerprint density at radius 2 is 1.74 bits per heavy atom. The molecule has 0 aliphatic carbocycles. The van der Waals surface area contributed by atoms with Crippen LogP contribution in [-0.2, 0) is 11.2 Å². The summed E-state index contributed by atoms with van der Waals surface area (Å²) >= 11 is 0. The Morgan fingerprint density at radius 3 is 2.32 bits per heavy atom. The number of phenols is 1. The summed E-state index contributed by atoms with van der Waals surface area (Å²) in [4.78, 5) is 29.9. The molecule has 0 saturated carbocycles. The molecule has 1 aliphatic heterocycles. The maximum Gasteiger partial charge on any atom is 0.236 e. The van der Waals surface area contributed by atoms with E-state index in [1.54, 1.807) is 24.3 Å². The van der Waals surface area contributed by atoms with Crippen molar-refractivity contribution in [3.8, 4) is 5.75 Å². The van der Waals surface area contributed by atoms with Crippen molar-refractivity contribution in [2.45, 2.75) is 26.3 Å². The number of likely N-dealkylation sites (N-methyl/N-ethyl adjacent to an activating group) is 1. The zero-order valence-electron chi connectivity index (χ0n) is 18.3. The van der Waals surface area contributed by atoms with Gasteiger partial charge < -0.3 is 14.9 Å². The summed E-state index contributed by atoms with van der Waals surface area (Å²) in [6.07, 6.45) is 0.785. The van der Waals surface area contributed by atoms with Crippen LogP contribution in [-0.4, -0.2) is 72.4 Å². The standard InChI is InChI=1S/C24H30FN3O3/c1-17(14-19-4-7-21(30)8-5-19)26(3)16-24(31)28-12-10-27(11-13-28)23-9-6-20(18(2)29)15-22(23)25/h4-9,15,17,30H,10-14,16H2,1-3H3/t17-/m1/s1. The Morgan fingerprint density at radius 1 is 1.10 bits per heavy atom. The number of carbonyl (C=O) groups excluding carboxylic acids is 2. The maximum atomic E-state index is 14.4. The minimum Gasteiger partial charge on any atom is -0.508 e. The molecule has 1 saturated heterocycles. The third kappa shape index (κ3) is 5.82. The highest BCUT2D eigenvalue weighted by Gasteiger charge is 2.24. The van der Waals surface area contributed by atoms with E-state index in [1.165, 1.54) is 13.0 Å². The van der Waals surface area contributed by atoms with E-state index in [9.17, 15) is 19.1 Å². The first-order chi connectivity index (χ1) is 14.7. The lowest BCUT2D eigenvalue weighted by Crippen LogP contribution is -2.52. The van der Waals surface area contributed by atoms with Crippen LogP contribution in [0.25, 0.3) is 0 Å². The van der Waals surface area contributed by atoms with Gasteiger partial charge >= 0.3 is 0 Å². The van der Waals surface area contributed by atoms with Crippen LogP contribution in [0.2, 0.25) is 0 Å². The molecule has 3 rings (SSSR count). The van der Waals surface area contributed by atoms with Gasteiger partial charge in [-0.3, -0.25) is 14.5 Å². The number of Topliss-reactive ketones (excluding diaryl/α,β-unsaturated/α-hetero) is 1. The fourth-order valence-electron chi connectivity index (χ4n) is 3.78. The molecule has 1 atom stereocenters. The summed E-state index contributed by atoms with van der Waals surface area (Å²) in [5.74, 6) is -0.263. The topological polar surface area (TPSA) is 64.1 Å². The summed E-state index contributed by atoms with van der Waals surface area (Å²) in [5.41, 5.74) is 1.94. The second-order valence-corrected chi connectivity index (χ2v) is 8.22. The summed E-state index contributed by atoms with van der Waals surface area (Å²) in [6.45, 7) is 5.98. The number of halogens is 1. The molecule has 0 spiro atoms. The van der Waals surface area contributed by atoms with Gasteiger partial charge in [-0.15, -0.1) is 0 Å². The van der Waals surface area contributed by atoms with Crippen LogP contribution in [0, 0.1) is 5.82 Å². The largest absolute Gasteiger partial charge is 0.508 e. The Hall–Kier alpha value is -2.93. The van der Waals surface area contributed by atoms with Crippen molar-refractivity contribution >= 4 is 17.4 Å². The fraction of sp³-hybridized carbons (Fsp3) is 0.417. The number of piperazine rings is 1. The molecule has 1 fully saturated rings. The van der Waals surface area contributed by atoms with Crippen LogP contribution >= 0.6 is 0 Å². The molecule has 7 heteroatoms. The van der Waals surface area contributed by atoms with Crippen molar-refractivity contribution in [2.75, 3.05) is 44.7 Å². The molecular formula is C24H30FN3O3. The van der Waals surface area contributed by atoms with Crippen LogP contribution in [0.4, 0.5) is 10.1 Å². The molecular weight excluding hydrogens is 397 g/mol. The van der Waals surface area contributed by atoms with E-state index in [4.69, 9.17) is 0 Å². The van der Waals surface area contributed by atoms with Crippen molar-refractivity contribution in [2.24, 2.45) is 0 Å². The van der Waals surface area contributed by atoms with E-state index in [0.717, 1.165) is 12.0 Å². The monoisotopic (exact) mass is 427 g/mol. The SMILES string of the molecule is CC(=O)c1ccc(N2CCN(C(=O)CN(C)[C@H](C)Cc3ccc(O)cc3)CC2)c(F)c1. The van der Waals surface area contributed by atoms with Gasteiger partial charge in [0.1, 0.15) is 11.6 Å². The minimum atomic E-state index is -0.407. The van der Waals surface area contributed by atoms with Crippen LogP contribution in [0.3, 0.4) is 0 Å². The number of amides is 1. The van der Waals surface area contributed by atoms with Gasteiger partial charge in [0.15, 0.2) is 5.78 Å². The summed E-state index contributed by atoms with van der Waals surface area (Å²) in [5, 5.41) is 9.41. The number of phenolic OH excluding ortho intramolecular Hbond substituents is 1. The molecule has 31 heavy (non-hydrogen) atoms. The van der Waals surface area contributed by atoms with Gasteiger partial charge in [-0.1, -0.05) is 12.1 Å². The van der Waals surface area contributed by atoms with Crippen LogP contribution < -0.4 is 4.90 Å². The molecule has 1 heterocycles. The van der Waals surface area contributed by atoms with E-state index in [1.807, 2.05) is 33.9 Å². The van der Waals surface area contributed by atoms with Crippen LogP contribution in [0.5, 0.6) is 5.75 Å². The molecule has 0 bridgehead atoms. The minimum absolute atomic E-state index is 0.0621. The highest BCUT2D eigenvalue weighted by atomic mass is 19.1. The zero-order chi connectivity index (χ0) is 22.5. The van der Waals surface area contributed by atoms with Gasteiger partial charge in [0.05, 0.1) is 12.2 Å². The first-order valence-corrected chi connectivity index (χ1v) is 10.6. The number of aromatic hydroxyl groups is 1. The Kier molecular flexibility index (Phi) is 7.28. The second kappa shape index (κ2) is 9.92. The van der Waals surface area contributed by atoms with E-state index in [0.29, 0.717) is 44.0 Å². The van der Waals surface area contributed by atoms with Crippen molar-refractivity contribution in [1.82, 2.24) is 9.80 Å². The maximum absolute atomic E-state index is 14.4. The number of nitrogens with zero attached hydrogens (tertiary/aromatic N) is 3. The van der Waals surface area contributed by atoms with Crippen molar-refractivity contribution in [3.05, 3.63) is 59.4 Å². The summed E-state index contributed by atoms with van der Waals surface area (Å²) in [6, 6.07) is 11.9. The Labute approximate surface area is 182 Å². The predicted molar refractivity (Wildman–Crippen MR) is 119 cm³/mol. The smallest absolute Gasteiger partial charge is 0.236 e. The van der Waals surface area contributed by atoms with Gasteiger partial charge in [0.2, 0.25) is 5.91 Å². The number of rotatable bonds is 7. The van der Waals surface area contributed by atoms with Gasteiger partial charge in [0.25, 0.3) is 0 Å². The van der Waals surface area contributed by atoms with Crippen LogP contribution in [0.15, 0.2) is 42.5 Å². The molecule has 1 N–H and O–H groups in total. The van der Waals surface area contributed by atoms with Gasteiger partial charge in [-0.2, -0.15) is 0 Å². The molecule has 1 aliphatic rings. The van der Waals surface area contributed by atoms with Gasteiger partial charge in [0, 0.05) is 37.8 Å². The molecule has 0 unspecified atom stereocenters. The average Bonchev–Trinajstić information content (AvgIpc) is 2.75. The number of hydrogen-bond donors (Lipinski definition) is 1. The Bertz CT molecular complexity index is 924. The highest BCUT2D eigenvalue weighted by Crippen LogP contribution is 2.22. The second-order valence-electron chi connectivity index (χ2n) is 8.22. The van der Waals surface area contributed by atoms with E-state index < -0.39 is 5.82 Å². The average molecular weight is 428 g/mol. The van der Waals surface area contributed by atoms with Crippen molar-refractivity contribution in [1.29, 1.82) is 0 Å². The lowest BCUT2D eigenvalue weighted by atomic mass is 10.1. The molecule has 2 aromatic rings. The normalized spacial score (nSPS) is 15.3. The molecule has 6 nitrogen and oxygen atoms in total. The predicted octanol–water partition coefficient (Wildman–Crippen LogP) is 2.95. The van der Waals surface area contributed by atoms with Gasteiger partial charge in [-0.05, 0) is 63.2 Å². The number of hydrogen-bond acceptors (Lipinski definition) is 5. The first-order valence-electron chi connectivity index (χ1n) is 10.6. The number of benzene rings is 2. The number of ketones is 1. The van der Waals surface area contributed by atoms with Gasteiger partial charge in [-0.25, -0.2) is 4.39 Å². The van der Waals surface area contributed by atoms with Crippen molar-refractivity contribution in [3.63, 3.8) is 0 Å². The fourth-order valence-corrected chi connectivity index (χ4v) is 3.78. The Balaban J connectivity index is 1.50. The quantitative estimate of drug-likeness (QED) is 0.689. The zero-order valence-corrected chi connectivity index (χ0v) is 18.3. The summed E-state index contributed by atoms with van der Waals surface area (Å²) < 4.78 is 14.4. The molecule has 2 aromatic carbocycles. The van der Waals surface area contributed by atoms with Crippen LogP contribution in [0.1, 0.15) is 29.8 Å². The van der Waals surface area contributed by atoms with E-state index in [2.05, 4.69) is 6.92 Å². The molecule has 0 radical (unpaired) electrons. The molecule has 166 valence electrons. The molecule has 1 amide bonds. The lowest BCUT2D eigenvalue weighted by Gasteiger charge is -2.37. The van der Waals surface area contributed by atoms with Crippen molar-refractivity contribution < 1.29 is 19.1 Å².